The Morgan fingerprint density at radius 1 is 1.28 bits per heavy atom. The number of aliphatic imine (C=N–C) groups is 1. The van der Waals surface area contributed by atoms with Crippen LogP contribution in [0.5, 0.6) is 0 Å². The third-order valence-electron chi connectivity index (χ3n) is 7.07. The first kappa shape index (κ1) is 26.9. The van der Waals surface area contributed by atoms with E-state index in [1.807, 2.05) is 6.07 Å². The van der Waals surface area contributed by atoms with E-state index in [0.717, 1.165) is 24.8 Å². The van der Waals surface area contributed by atoms with Crippen LogP contribution in [0.1, 0.15) is 59.5 Å². The summed E-state index contributed by atoms with van der Waals surface area (Å²) in [6.07, 6.45) is 5.94. The van der Waals surface area contributed by atoms with Crippen molar-refractivity contribution in [2.75, 3.05) is 0 Å². The zero-order valence-corrected chi connectivity index (χ0v) is 23.4. The van der Waals surface area contributed by atoms with Crippen LogP contribution in [0.15, 0.2) is 62.6 Å². The topological polar surface area (TPSA) is 111 Å². The molecule has 0 unspecified atom stereocenters. The zero-order valence-electron chi connectivity index (χ0n) is 21.8. The van der Waals surface area contributed by atoms with E-state index in [2.05, 4.69) is 26.1 Å². The summed E-state index contributed by atoms with van der Waals surface area (Å²) in [5.41, 5.74) is 2.30. The van der Waals surface area contributed by atoms with Gasteiger partial charge in [0.2, 0.25) is 0 Å². The second-order valence-corrected chi connectivity index (χ2v) is 12.1. The van der Waals surface area contributed by atoms with Gasteiger partial charge < -0.3 is 14.2 Å². The lowest BCUT2D eigenvalue weighted by Gasteiger charge is -2.33. The van der Waals surface area contributed by atoms with Gasteiger partial charge in [-0.15, -0.1) is 11.3 Å². The number of nitro groups is 1. The number of carbonyl (C=O) groups is 1. The minimum atomic E-state index is -0.497. The quantitative estimate of drug-likeness (QED) is 0.139. The van der Waals surface area contributed by atoms with Crippen LogP contribution in [0.3, 0.4) is 0 Å². The number of nitro benzene ring substituents is 1. The first-order chi connectivity index (χ1) is 18.6. The highest BCUT2D eigenvalue weighted by Crippen LogP contribution is 2.45. The SMILES string of the molecule is CC(C)(C)[C@H]1CCc2c(sc(N=Cc3ccc(-c4ccc([N+](=O)[O-])cc4Cl)o3)c2C(=O)NCc2ccco2)C1. The summed E-state index contributed by atoms with van der Waals surface area (Å²) in [5.74, 6) is 1.96. The van der Waals surface area contributed by atoms with Crippen molar-refractivity contribution < 1.29 is 18.6 Å². The number of halogens is 1. The van der Waals surface area contributed by atoms with Gasteiger partial charge >= 0.3 is 0 Å². The summed E-state index contributed by atoms with van der Waals surface area (Å²) < 4.78 is 11.3. The van der Waals surface area contributed by atoms with Gasteiger partial charge in [0.25, 0.3) is 11.6 Å². The Labute approximate surface area is 234 Å². The van der Waals surface area contributed by atoms with Gasteiger partial charge in [-0.05, 0) is 66.5 Å². The summed E-state index contributed by atoms with van der Waals surface area (Å²) >= 11 is 7.82. The third kappa shape index (κ3) is 5.84. The highest BCUT2D eigenvalue weighted by molar-refractivity contribution is 7.16. The molecule has 202 valence electrons. The molecule has 1 amide bonds. The Balaban J connectivity index is 1.43. The van der Waals surface area contributed by atoms with E-state index in [-0.39, 0.29) is 22.0 Å². The van der Waals surface area contributed by atoms with E-state index in [4.69, 9.17) is 25.4 Å². The number of thiophene rings is 1. The normalized spacial score (nSPS) is 15.4. The van der Waals surface area contributed by atoms with Crippen molar-refractivity contribution in [1.82, 2.24) is 5.32 Å². The van der Waals surface area contributed by atoms with Gasteiger partial charge in [-0.3, -0.25) is 14.9 Å². The maximum atomic E-state index is 13.4. The monoisotopic (exact) mass is 565 g/mol. The average Bonchev–Trinajstić information content (AvgIpc) is 3.65. The molecule has 10 heteroatoms. The fourth-order valence-electron chi connectivity index (χ4n) is 4.81. The van der Waals surface area contributed by atoms with Gasteiger partial charge in [0.1, 0.15) is 22.3 Å². The molecule has 0 fully saturated rings. The molecule has 4 aromatic rings. The van der Waals surface area contributed by atoms with Gasteiger partial charge in [-0.1, -0.05) is 32.4 Å². The molecule has 1 aliphatic carbocycles. The van der Waals surface area contributed by atoms with E-state index >= 15 is 0 Å². The van der Waals surface area contributed by atoms with E-state index in [9.17, 15) is 14.9 Å². The number of furan rings is 2. The number of benzene rings is 1. The van der Waals surface area contributed by atoms with Crippen molar-refractivity contribution in [2.45, 2.75) is 46.6 Å². The van der Waals surface area contributed by atoms with Crippen LogP contribution in [0.25, 0.3) is 11.3 Å². The number of nitrogens with one attached hydrogen (secondary N) is 1. The summed E-state index contributed by atoms with van der Waals surface area (Å²) in [4.78, 5) is 29.8. The van der Waals surface area contributed by atoms with E-state index in [0.29, 0.717) is 45.9 Å². The van der Waals surface area contributed by atoms with E-state index < -0.39 is 4.92 Å². The molecule has 1 aliphatic rings. The van der Waals surface area contributed by atoms with Gasteiger partial charge in [-0.2, -0.15) is 0 Å². The number of amides is 1. The van der Waals surface area contributed by atoms with Gasteiger partial charge in [-0.25, -0.2) is 4.99 Å². The van der Waals surface area contributed by atoms with Crippen LogP contribution in [0.4, 0.5) is 10.7 Å². The first-order valence-corrected chi connectivity index (χ1v) is 13.8. The van der Waals surface area contributed by atoms with Crippen molar-refractivity contribution in [3.63, 3.8) is 0 Å². The Bertz CT molecular complexity index is 1550. The van der Waals surface area contributed by atoms with Crippen LogP contribution in [0, 0.1) is 21.4 Å². The summed E-state index contributed by atoms with van der Waals surface area (Å²) in [6.45, 7) is 7.08. The zero-order chi connectivity index (χ0) is 27.7. The molecule has 0 saturated carbocycles. The molecule has 0 radical (unpaired) electrons. The maximum Gasteiger partial charge on any atom is 0.270 e. The standard InChI is InChI=1S/C29H28ClN3O5S/c1-29(2,3)17-6-9-22-25(13-17)39-28(26(22)27(34)31-15-19-5-4-12-37-19)32-16-20-8-11-24(38-20)21-10-7-18(33(35)36)14-23(21)30/h4-5,7-8,10-12,14,16-17H,6,9,13,15H2,1-3H3,(H,31,34)/t17-/m0/s1. The second kappa shape index (κ2) is 10.8. The molecule has 5 rings (SSSR count). The number of rotatable bonds is 7. The van der Waals surface area contributed by atoms with Gasteiger partial charge in [0, 0.05) is 22.6 Å². The molecule has 3 aromatic heterocycles. The lowest BCUT2D eigenvalue weighted by molar-refractivity contribution is -0.384. The minimum Gasteiger partial charge on any atom is -0.467 e. The Hall–Kier alpha value is -3.69. The molecule has 1 N–H and O–H groups in total. The molecule has 0 aliphatic heterocycles. The van der Waals surface area contributed by atoms with Gasteiger partial charge in [0.05, 0.1) is 34.5 Å². The number of hydrogen-bond acceptors (Lipinski definition) is 7. The van der Waals surface area contributed by atoms with Crippen LogP contribution in [0.2, 0.25) is 5.02 Å². The number of nitrogens with zero attached hydrogens (tertiary/aromatic N) is 2. The maximum absolute atomic E-state index is 13.4. The molecule has 1 aromatic carbocycles. The van der Waals surface area contributed by atoms with Crippen LogP contribution >= 0.6 is 22.9 Å². The summed E-state index contributed by atoms with van der Waals surface area (Å²) in [7, 11) is 0. The van der Waals surface area contributed by atoms with Crippen LogP contribution in [-0.2, 0) is 19.4 Å². The number of carbonyl (C=O) groups excluding carboxylic acids is 1. The van der Waals surface area contributed by atoms with Crippen molar-refractivity contribution >= 4 is 45.7 Å². The van der Waals surface area contributed by atoms with Crippen molar-refractivity contribution in [3.05, 3.63) is 91.4 Å². The molecule has 39 heavy (non-hydrogen) atoms. The van der Waals surface area contributed by atoms with Gasteiger partial charge in [0.15, 0.2) is 0 Å². The smallest absolute Gasteiger partial charge is 0.270 e. The van der Waals surface area contributed by atoms with Crippen LogP contribution < -0.4 is 5.32 Å². The molecule has 0 spiro atoms. The van der Waals surface area contributed by atoms with Crippen LogP contribution in [-0.4, -0.2) is 17.0 Å². The Morgan fingerprint density at radius 3 is 2.79 bits per heavy atom. The largest absolute Gasteiger partial charge is 0.467 e. The summed E-state index contributed by atoms with van der Waals surface area (Å²) in [5, 5.41) is 14.8. The lowest BCUT2D eigenvalue weighted by Crippen LogP contribution is -2.28. The highest BCUT2D eigenvalue weighted by Gasteiger charge is 2.33. The fraction of sp³-hybridized carbons (Fsp3) is 0.310. The highest BCUT2D eigenvalue weighted by atomic mass is 35.5. The fourth-order valence-corrected chi connectivity index (χ4v) is 6.35. The Kier molecular flexibility index (Phi) is 7.46. The number of non-ortho nitro benzene ring substituents is 1. The minimum absolute atomic E-state index is 0.0923. The molecule has 0 bridgehead atoms. The average molecular weight is 566 g/mol. The summed E-state index contributed by atoms with van der Waals surface area (Å²) in [6, 6.07) is 11.3. The number of fused-ring (bicyclic) bond motifs is 1. The lowest BCUT2D eigenvalue weighted by atomic mass is 9.72. The second-order valence-electron chi connectivity index (χ2n) is 10.6. The first-order valence-electron chi connectivity index (χ1n) is 12.6. The van der Waals surface area contributed by atoms with Crippen molar-refractivity contribution in [3.8, 4) is 11.3 Å². The molecular weight excluding hydrogens is 538 g/mol. The molecule has 3 heterocycles. The molecule has 1 atom stereocenters. The number of hydrogen-bond donors (Lipinski definition) is 1. The molecule has 8 nitrogen and oxygen atoms in total. The Morgan fingerprint density at radius 2 is 2.10 bits per heavy atom. The molecule has 0 saturated heterocycles. The van der Waals surface area contributed by atoms with E-state index in [1.165, 1.54) is 17.0 Å². The predicted octanol–water partition coefficient (Wildman–Crippen LogP) is 7.99. The predicted molar refractivity (Wildman–Crippen MR) is 152 cm³/mol. The molecular formula is C29H28ClN3O5S. The third-order valence-corrected chi connectivity index (χ3v) is 8.54. The van der Waals surface area contributed by atoms with E-state index in [1.54, 1.807) is 48.1 Å². The van der Waals surface area contributed by atoms with Crippen molar-refractivity contribution in [1.29, 1.82) is 0 Å². The van der Waals surface area contributed by atoms with Crippen molar-refractivity contribution in [2.24, 2.45) is 16.3 Å².